The lowest BCUT2D eigenvalue weighted by atomic mass is 9.33. The second-order valence-electron chi connectivity index (χ2n) is 33.1. The molecule has 0 atom stereocenters. The summed E-state index contributed by atoms with van der Waals surface area (Å²) in [6, 6.07) is 167. The summed E-state index contributed by atoms with van der Waals surface area (Å²) in [6.45, 7) is -0.295. The van der Waals surface area contributed by atoms with Gasteiger partial charge in [-0.05, 0) is 234 Å². The van der Waals surface area contributed by atoms with Crippen molar-refractivity contribution in [2.24, 2.45) is 0 Å². The molecule has 3 nitrogen and oxygen atoms in total. The standard InChI is InChI=1S/C116H72BN3/c1-7-29-73(30-8-1)79-53-59-98-92(67-79)112-100(115(98)94-45-23-19-41-86(94)87-42-20-24-46-95(87)115)49-27-51-108(112)119-106-63-57-83(77-37-15-5-16-38-77)69-102(106)117-103-70-84(78-39-17-6-18-40-78)58-64-107(103)120(109-52-28-50-101-113(109)93-68-80(74-31-9-2-10-32-74)54-60-99(93)116(101)96-47-25-21-43-88(96)89-44-22-26-48-97(89)116)111-72-85(71-110(119)114(111)117)118-104-61-55-81(75-33-11-3-12-34-75)65-90(104)91-66-82(56-62-105(91)118)76-35-13-4-14-36-76/h1-72H. The quantitative estimate of drug-likeness (QED) is 0.133. The molecule has 2 aliphatic heterocycles. The molecule has 120 heavy (non-hydrogen) atoms. The van der Waals surface area contributed by atoms with Gasteiger partial charge < -0.3 is 14.4 Å². The topological polar surface area (TPSA) is 11.4 Å². The van der Waals surface area contributed by atoms with Gasteiger partial charge in [-0.1, -0.05) is 364 Å². The van der Waals surface area contributed by atoms with Gasteiger partial charge in [-0.25, -0.2) is 0 Å². The van der Waals surface area contributed by atoms with E-state index in [-0.39, 0.29) is 6.71 Å². The maximum atomic E-state index is 2.74. The van der Waals surface area contributed by atoms with Crippen LogP contribution in [0.4, 0.5) is 34.1 Å². The first-order valence-corrected chi connectivity index (χ1v) is 42.0. The molecule has 0 radical (unpaired) electrons. The highest BCUT2D eigenvalue weighted by Crippen LogP contribution is 2.68. The van der Waals surface area contributed by atoms with E-state index in [1.165, 1.54) is 172 Å². The van der Waals surface area contributed by atoms with Crippen LogP contribution in [0.2, 0.25) is 0 Å². The van der Waals surface area contributed by atoms with Crippen molar-refractivity contribution in [3.05, 3.63) is 481 Å². The molecule has 2 spiro atoms. The molecule has 554 valence electrons. The van der Waals surface area contributed by atoms with E-state index in [0.717, 1.165) is 62.0 Å². The highest BCUT2D eigenvalue weighted by Gasteiger charge is 2.56. The number of hydrogen-bond acceptors (Lipinski definition) is 2. The third-order valence-electron chi connectivity index (χ3n) is 27.4. The lowest BCUT2D eigenvalue weighted by molar-refractivity contribution is 0.794. The van der Waals surface area contributed by atoms with E-state index in [9.17, 15) is 0 Å². The summed E-state index contributed by atoms with van der Waals surface area (Å²) in [4.78, 5) is 5.48. The Labute approximate surface area is 697 Å². The van der Waals surface area contributed by atoms with Crippen molar-refractivity contribution < 1.29 is 0 Å². The number of aromatic nitrogens is 1. The number of benzene rings is 19. The van der Waals surface area contributed by atoms with Gasteiger partial charge in [-0.15, -0.1) is 0 Å². The SMILES string of the molecule is c1ccc(-c2ccc3c(c2)B2c4cc(-c5ccccc5)ccc4N(c4cccc5c4-c4cc(-c6ccccc6)ccc4C54c5ccccc5-c5ccccc54)c4cc(-n5c6ccc(-c7ccccc7)cc6c6cc(-c7ccccc7)ccc65)cc(c42)N3c2cccc3c2-c2cc(-c4ccccc4)ccc2C32c3ccccc3-c3ccccc32)cc1. The smallest absolute Gasteiger partial charge is 0.252 e. The lowest BCUT2D eigenvalue weighted by Gasteiger charge is -2.45. The van der Waals surface area contributed by atoms with Crippen molar-refractivity contribution in [1.29, 1.82) is 0 Å². The molecule has 20 aromatic rings. The number of hydrogen-bond donors (Lipinski definition) is 0. The predicted molar refractivity (Wildman–Crippen MR) is 500 cm³/mol. The van der Waals surface area contributed by atoms with Crippen molar-refractivity contribution in [2.75, 3.05) is 9.80 Å². The fourth-order valence-electron chi connectivity index (χ4n) is 22.5. The summed E-state index contributed by atoms with van der Waals surface area (Å²) in [5.74, 6) is 0. The molecule has 0 saturated heterocycles. The lowest BCUT2D eigenvalue weighted by Crippen LogP contribution is -2.61. The summed E-state index contributed by atoms with van der Waals surface area (Å²) in [5, 5.41) is 2.37. The van der Waals surface area contributed by atoms with Crippen molar-refractivity contribution >= 4 is 79.0 Å². The molecule has 0 bridgehead atoms. The molecule has 0 fully saturated rings. The van der Waals surface area contributed by atoms with Gasteiger partial charge in [-0.3, -0.25) is 0 Å². The van der Waals surface area contributed by atoms with Crippen LogP contribution in [0, 0.1) is 0 Å². The van der Waals surface area contributed by atoms with Gasteiger partial charge in [0.05, 0.1) is 38.9 Å². The molecule has 3 heterocycles. The van der Waals surface area contributed by atoms with Gasteiger partial charge in [0.15, 0.2) is 0 Å². The van der Waals surface area contributed by atoms with Crippen LogP contribution in [0.25, 0.3) is 139 Å². The first kappa shape index (κ1) is 66.9. The molecule has 6 aliphatic rings. The van der Waals surface area contributed by atoms with Crippen LogP contribution in [0.5, 0.6) is 0 Å². The number of nitrogens with zero attached hydrogens (tertiary/aromatic N) is 3. The van der Waals surface area contributed by atoms with Gasteiger partial charge in [0, 0.05) is 44.6 Å². The molecule has 0 saturated carbocycles. The Kier molecular flexibility index (Phi) is 14.3. The fourth-order valence-corrected chi connectivity index (χ4v) is 22.5. The van der Waals surface area contributed by atoms with Crippen molar-refractivity contribution in [3.8, 4) is 117 Å². The van der Waals surface area contributed by atoms with Crippen LogP contribution >= 0.6 is 0 Å². The average Bonchev–Trinajstić information content (AvgIpc) is 1.46. The van der Waals surface area contributed by atoms with E-state index < -0.39 is 10.8 Å². The molecule has 19 aromatic carbocycles. The van der Waals surface area contributed by atoms with Crippen molar-refractivity contribution in [3.63, 3.8) is 0 Å². The second-order valence-corrected chi connectivity index (χ2v) is 33.1. The van der Waals surface area contributed by atoms with Gasteiger partial charge in [-0.2, -0.15) is 0 Å². The fraction of sp³-hybridized carbons (Fsp3) is 0.0172. The monoisotopic (exact) mass is 1520 g/mol. The van der Waals surface area contributed by atoms with E-state index in [2.05, 4.69) is 451 Å². The van der Waals surface area contributed by atoms with E-state index in [1.54, 1.807) is 0 Å². The minimum atomic E-state index is -0.658. The molecular formula is C116H72BN3. The number of anilines is 6. The third kappa shape index (κ3) is 9.25. The minimum absolute atomic E-state index is 0.295. The molecule has 1 aromatic heterocycles. The maximum Gasteiger partial charge on any atom is 0.252 e. The Morgan fingerprint density at radius 2 is 0.467 bits per heavy atom. The van der Waals surface area contributed by atoms with Crippen LogP contribution < -0.4 is 26.2 Å². The molecular weight excluding hydrogens is 1450 g/mol. The first-order valence-electron chi connectivity index (χ1n) is 42.0. The van der Waals surface area contributed by atoms with Crippen LogP contribution in [0.1, 0.15) is 44.5 Å². The Morgan fingerprint density at radius 1 is 0.183 bits per heavy atom. The molecule has 0 unspecified atom stereocenters. The van der Waals surface area contributed by atoms with Crippen LogP contribution in [-0.4, -0.2) is 11.3 Å². The van der Waals surface area contributed by atoms with E-state index >= 15 is 0 Å². The highest BCUT2D eigenvalue weighted by atomic mass is 15.2. The predicted octanol–water partition coefficient (Wildman–Crippen LogP) is 27.6. The normalized spacial score (nSPS) is 13.8. The van der Waals surface area contributed by atoms with Crippen molar-refractivity contribution in [2.45, 2.75) is 10.8 Å². The summed E-state index contributed by atoms with van der Waals surface area (Å²) >= 11 is 0. The van der Waals surface area contributed by atoms with Crippen LogP contribution in [0.15, 0.2) is 437 Å². The molecule has 26 rings (SSSR count). The third-order valence-corrected chi connectivity index (χ3v) is 27.4. The molecule has 4 aliphatic carbocycles. The Balaban J connectivity index is 0.830. The van der Waals surface area contributed by atoms with Crippen LogP contribution in [0.3, 0.4) is 0 Å². The summed E-state index contributed by atoms with van der Waals surface area (Å²) in [5.41, 5.74) is 46.8. The zero-order valence-electron chi connectivity index (χ0n) is 65.5. The second kappa shape index (κ2) is 25.6. The van der Waals surface area contributed by atoms with Gasteiger partial charge in [0.2, 0.25) is 0 Å². The number of fused-ring (bicyclic) bond motifs is 27. The van der Waals surface area contributed by atoms with Gasteiger partial charge >= 0.3 is 0 Å². The van der Waals surface area contributed by atoms with Gasteiger partial charge in [0.25, 0.3) is 6.71 Å². The highest BCUT2D eigenvalue weighted by molar-refractivity contribution is 7.00. The Hall–Kier alpha value is -15.4. The summed E-state index contributed by atoms with van der Waals surface area (Å²) in [6.07, 6.45) is 0. The van der Waals surface area contributed by atoms with Gasteiger partial charge in [0.1, 0.15) is 0 Å². The zero-order chi connectivity index (χ0) is 78.5. The Morgan fingerprint density at radius 3 is 0.817 bits per heavy atom. The molecule has 0 amide bonds. The zero-order valence-corrected chi connectivity index (χ0v) is 65.5. The summed E-state index contributed by atoms with van der Waals surface area (Å²) < 4.78 is 2.61. The van der Waals surface area contributed by atoms with Crippen LogP contribution in [-0.2, 0) is 10.8 Å². The average molecular weight is 1520 g/mol. The van der Waals surface area contributed by atoms with Crippen molar-refractivity contribution in [1.82, 2.24) is 4.57 Å². The molecule has 0 N–H and O–H groups in total. The number of rotatable bonds is 9. The first-order chi connectivity index (χ1) is 59.5. The largest absolute Gasteiger partial charge is 0.311 e. The van der Waals surface area contributed by atoms with E-state index in [4.69, 9.17) is 0 Å². The minimum Gasteiger partial charge on any atom is -0.311 e. The maximum absolute atomic E-state index is 2.74. The van der Waals surface area contributed by atoms with E-state index in [1.807, 2.05) is 0 Å². The Bertz CT molecular complexity index is 7180. The summed E-state index contributed by atoms with van der Waals surface area (Å²) in [7, 11) is 0. The van der Waals surface area contributed by atoms with E-state index in [0.29, 0.717) is 0 Å². The molecule has 4 heteroatoms.